The van der Waals surface area contributed by atoms with Crippen molar-refractivity contribution < 1.29 is 18.3 Å². The smallest absolute Gasteiger partial charge is 0.396 e. The monoisotopic (exact) mass is 289 g/mol. The van der Waals surface area contributed by atoms with Crippen LogP contribution in [0.25, 0.3) is 0 Å². The van der Waals surface area contributed by atoms with Crippen LogP contribution in [-0.2, 0) is 6.18 Å². The molecule has 2 nitrogen and oxygen atoms in total. The van der Waals surface area contributed by atoms with Gasteiger partial charge < -0.3 is 10.4 Å². The maximum Gasteiger partial charge on any atom is 0.416 e. The Morgan fingerprint density at radius 2 is 1.80 bits per heavy atom. The van der Waals surface area contributed by atoms with E-state index in [0.29, 0.717) is 5.92 Å². The summed E-state index contributed by atoms with van der Waals surface area (Å²) in [5.41, 5.74) is 0.206. The summed E-state index contributed by atoms with van der Waals surface area (Å²) in [5.74, 6) is 0.386. The van der Waals surface area contributed by atoms with E-state index in [0.717, 1.165) is 37.1 Å². The molecule has 2 unspecified atom stereocenters. The third-order valence-corrected chi connectivity index (χ3v) is 3.57. The van der Waals surface area contributed by atoms with Crippen molar-refractivity contribution in [2.24, 2.45) is 5.92 Å². The van der Waals surface area contributed by atoms with Gasteiger partial charge in [-0.05, 0) is 43.5 Å². The zero-order valence-corrected chi connectivity index (χ0v) is 11.9. The van der Waals surface area contributed by atoms with E-state index in [2.05, 4.69) is 12.2 Å². The lowest BCUT2D eigenvalue weighted by Gasteiger charge is -2.19. The molecule has 5 heteroatoms. The van der Waals surface area contributed by atoms with Crippen LogP contribution >= 0.6 is 0 Å². The molecule has 0 saturated heterocycles. The van der Waals surface area contributed by atoms with E-state index in [1.54, 1.807) is 0 Å². The summed E-state index contributed by atoms with van der Waals surface area (Å²) in [4.78, 5) is 0. The Morgan fingerprint density at radius 3 is 2.25 bits per heavy atom. The van der Waals surface area contributed by atoms with Crippen molar-refractivity contribution in [1.82, 2.24) is 5.32 Å². The van der Waals surface area contributed by atoms with Crippen molar-refractivity contribution in [3.8, 4) is 0 Å². The molecule has 1 aromatic carbocycles. The summed E-state index contributed by atoms with van der Waals surface area (Å²) in [6.07, 6.45) is -2.58. The minimum absolute atomic E-state index is 0.00923. The van der Waals surface area contributed by atoms with E-state index in [1.807, 2.05) is 6.92 Å². The molecule has 0 saturated carbocycles. The molecule has 0 heterocycles. The largest absolute Gasteiger partial charge is 0.416 e. The predicted molar refractivity (Wildman–Crippen MR) is 73.3 cm³/mol. The zero-order valence-electron chi connectivity index (χ0n) is 11.9. The normalized spacial score (nSPS) is 15.1. The highest BCUT2D eigenvalue weighted by atomic mass is 19.4. The van der Waals surface area contributed by atoms with Crippen LogP contribution in [0.1, 0.15) is 43.9 Å². The molecule has 114 valence electrons. The molecular weight excluding hydrogens is 267 g/mol. The molecule has 20 heavy (non-hydrogen) atoms. The molecule has 2 atom stereocenters. The first-order valence-electron chi connectivity index (χ1n) is 6.89. The molecule has 0 spiro atoms. The van der Waals surface area contributed by atoms with E-state index in [1.165, 1.54) is 12.1 Å². The highest BCUT2D eigenvalue weighted by Gasteiger charge is 2.30. The van der Waals surface area contributed by atoms with Gasteiger partial charge in [-0.3, -0.25) is 0 Å². The Hall–Kier alpha value is -1.07. The van der Waals surface area contributed by atoms with Gasteiger partial charge in [0.05, 0.1) is 5.56 Å². The van der Waals surface area contributed by atoms with E-state index in [4.69, 9.17) is 5.11 Å². The van der Waals surface area contributed by atoms with Gasteiger partial charge in [0, 0.05) is 12.6 Å². The van der Waals surface area contributed by atoms with E-state index in [9.17, 15) is 13.2 Å². The van der Waals surface area contributed by atoms with Gasteiger partial charge in [0.25, 0.3) is 0 Å². The average Bonchev–Trinajstić information content (AvgIpc) is 2.42. The Bertz CT molecular complexity index is 389. The van der Waals surface area contributed by atoms with Gasteiger partial charge in [-0.1, -0.05) is 25.5 Å². The SMILES string of the molecule is CCC(CCO)CNC(C)c1ccc(C(F)(F)F)cc1. The van der Waals surface area contributed by atoms with Crippen molar-refractivity contribution in [3.05, 3.63) is 35.4 Å². The molecule has 0 aliphatic rings. The van der Waals surface area contributed by atoms with Gasteiger partial charge in [-0.25, -0.2) is 0 Å². The number of aliphatic hydroxyl groups is 1. The van der Waals surface area contributed by atoms with Crippen LogP contribution in [-0.4, -0.2) is 18.3 Å². The van der Waals surface area contributed by atoms with E-state index < -0.39 is 11.7 Å². The van der Waals surface area contributed by atoms with Crippen LogP contribution in [0.2, 0.25) is 0 Å². The van der Waals surface area contributed by atoms with Crippen LogP contribution in [0.15, 0.2) is 24.3 Å². The first kappa shape index (κ1) is 17.0. The summed E-state index contributed by atoms with van der Waals surface area (Å²) in [6.45, 7) is 4.90. The van der Waals surface area contributed by atoms with Gasteiger partial charge in [0.2, 0.25) is 0 Å². The maximum absolute atomic E-state index is 12.5. The van der Waals surface area contributed by atoms with E-state index >= 15 is 0 Å². The molecular formula is C15H22F3NO. The highest BCUT2D eigenvalue weighted by Crippen LogP contribution is 2.29. The molecule has 0 aliphatic carbocycles. The van der Waals surface area contributed by atoms with Gasteiger partial charge in [-0.2, -0.15) is 13.2 Å². The standard InChI is InChI=1S/C15H22F3NO/c1-3-12(8-9-20)10-19-11(2)13-4-6-14(7-5-13)15(16,17)18/h4-7,11-12,19-20H,3,8-10H2,1-2H3. The van der Waals surface area contributed by atoms with Crippen LogP contribution in [0.3, 0.4) is 0 Å². The average molecular weight is 289 g/mol. The second-order valence-corrected chi connectivity index (χ2v) is 5.04. The molecule has 1 aromatic rings. The summed E-state index contributed by atoms with van der Waals surface area (Å²) in [5, 5.41) is 12.2. The molecule has 0 aliphatic heterocycles. The molecule has 1 rings (SSSR count). The first-order chi connectivity index (χ1) is 9.38. The van der Waals surface area contributed by atoms with Crippen LogP contribution in [0, 0.1) is 5.92 Å². The van der Waals surface area contributed by atoms with Crippen LogP contribution < -0.4 is 5.32 Å². The van der Waals surface area contributed by atoms with Gasteiger partial charge in [0.15, 0.2) is 0 Å². The number of benzene rings is 1. The maximum atomic E-state index is 12.5. The third kappa shape index (κ3) is 5.13. The minimum Gasteiger partial charge on any atom is -0.396 e. The molecule has 0 bridgehead atoms. The quantitative estimate of drug-likeness (QED) is 0.801. The Morgan fingerprint density at radius 1 is 1.20 bits per heavy atom. The van der Waals surface area contributed by atoms with Crippen LogP contribution in [0.5, 0.6) is 0 Å². The van der Waals surface area contributed by atoms with Crippen LogP contribution in [0.4, 0.5) is 13.2 Å². The number of alkyl halides is 3. The third-order valence-electron chi connectivity index (χ3n) is 3.57. The van der Waals surface area contributed by atoms with Gasteiger partial charge in [-0.15, -0.1) is 0 Å². The Labute approximate surface area is 118 Å². The molecule has 0 fully saturated rings. The number of rotatable bonds is 7. The van der Waals surface area contributed by atoms with Gasteiger partial charge >= 0.3 is 6.18 Å². The molecule has 0 amide bonds. The van der Waals surface area contributed by atoms with Crippen molar-refractivity contribution in [3.63, 3.8) is 0 Å². The van der Waals surface area contributed by atoms with Crippen molar-refractivity contribution in [1.29, 1.82) is 0 Å². The van der Waals surface area contributed by atoms with Crippen molar-refractivity contribution in [2.75, 3.05) is 13.2 Å². The second kappa shape index (κ2) is 7.64. The molecule has 0 aromatic heterocycles. The second-order valence-electron chi connectivity index (χ2n) is 5.04. The predicted octanol–water partition coefficient (Wildman–Crippen LogP) is 3.76. The fourth-order valence-corrected chi connectivity index (χ4v) is 2.06. The number of halogens is 3. The number of hydrogen-bond acceptors (Lipinski definition) is 2. The summed E-state index contributed by atoms with van der Waals surface area (Å²) < 4.78 is 37.4. The zero-order chi connectivity index (χ0) is 15.2. The lowest BCUT2D eigenvalue weighted by atomic mass is 10.0. The minimum atomic E-state index is -4.29. The summed E-state index contributed by atoms with van der Waals surface area (Å²) >= 11 is 0. The lowest BCUT2D eigenvalue weighted by Crippen LogP contribution is -2.26. The number of aliphatic hydroxyl groups excluding tert-OH is 1. The van der Waals surface area contributed by atoms with Crippen molar-refractivity contribution in [2.45, 2.75) is 38.9 Å². The highest BCUT2D eigenvalue weighted by molar-refractivity contribution is 5.26. The van der Waals surface area contributed by atoms with E-state index in [-0.39, 0.29) is 12.6 Å². The summed E-state index contributed by atoms with van der Waals surface area (Å²) in [7, 11) is 0. The topological polar surface area (TPSA) is 32.3 Å². The Balaban J connectivity index is 2.57. The Kier molecular flexibility index (Phi) is 6.49. The number of hydrogen-bond donors (Lipinski definition) is 2. The molecule has 2 N–H and O–H groups in total. The lowest BCUT2D eigenvalue weighted by molar-refractivity contribution is -0.137. The fourth-order valence-electron chi connectivity index (χ4n) is 2.06. The summed E-state index contributed by atoms with van der Waals surface area (Å²) in [6, 6.07) is 5.22. The number of nitrogens with one attached hydrogen (secondary N) is 1. The fraction of sp³-hybridized carbons (Fsp3) is 0.600. The van der Waals surface area contributed by atoms with Gasteiger partial charge in [0.1, 0.15) is 0 Å². The first-order valence-corrected chi connectivity index (χ1v) is 6.89. The molecule has 0 radical (unpaired) electrons. The van der Waals surface area contributed by atoms with Crippen molar-refractivity contribution >= 4 is 0 Å².